The Morgan fingerprint density at radius 2 is 1.02 bits per heavy atom. The third-order valence-corrected chi connectivity index (χ3v) is 10.2. The second-order valence-corrected chi connectivity index (χ2v) is 16.0. The van der Waals surface area contributed by atoms with Crippen molar-refractivity contribution in [1.82, 2.24) is 52.5 Å². The van der Waals surface area contributed by atoms with E-state index >= 15 is 0 Å². The number of likely N-dealkylation sites (N-methyl/N-ethyl adjacent to an activating group) is 1. The molecule has 0 aliphatic heterocycles. The minimum atomic E-state index is -1.43. The molecule has 11 atom stereocenters. The molecule has 22 heteroatoms. The highest BCUT2D eigenvalue weighted by atomic mass is 31.0. The number of nitrogens with two attached hydrogens (primary N) is 1. The predicted molar refractivity (Wildman–Crippen MR) is 237 cm³/mol. The summed E-state index contributed by atoms with van der Waals surface area (Å²) in [5, 5.41) is 38.0. The van der Waals surface area contributed by atoms with E-state index in [1.54, 1.807) is 31.2 Å². The van der Waals surface area contributed by atoms with Gasteiger partial charge in [0.1, 0.15) is 30.2 Å². The molecule has 334 valence electrons. The van der Waals surface area contributed by atoms with Crippen LogP contribution in [0.5, 0.6) is 0 Å². The maximum absolute atomic E-state index is 13.6. The molecular weight excluding hydrogens is 819 g/mol. The lowest BCUT2D eigenvalue weighted by molar-refractivity contribution is -0.135. The second kappa shape index (κ2) is 29.8. The molecule has 0 spiro atoms. The van der Waals surface area contributed by atoms with E-state index in [-0.39, 0.29) is 62.9 Å². The van der Waals surface area contributed by atoms with Crippen molar-refractivity contribution in [2.24, 2.45) is 17.6 Å². The van der Waals surface area contributed by atoms with E-state index in [4.69, 9.17) is 5.73 Å². The number of amides is 7. The molecule has 1 aromatic rings. The summed E-state index contributed by atoms with van der Waals surface area (Å²) >= 11 is 0. The normalized spacial score (nSPS) is 15.3. The van der Waals surface area contributed by atoms with Crippen LogP contribution < -0.4 is 58.2 Å². The Morgan fingerprint density at radius 1 is 0.593 bits per heavy atom. The van der Waals surface area contributed by atoms with E-state index in [1.165, 1.54) is 14.0 Å². The number of hydrogen-bond acceptors (Lipinski definition) is 12. The molecule has 1 aromatic carbocycles. The van der Waals surface area contributed by atoms with E-state index in [2.05, 4.69) is 80.7 Å². The molecule has 0 radical (unpaired) electrons. The van der Waals surface area contributed by atoms with Crippen molar-refractivity contribution in [3.63, 3.8) is 0 Å². The van der Waals surface area contributed by atoms with Gasteiger partial charge in [0.05, 0.1) is 12.1 Å². The molecule has 0 aliphatic rings. The molecule has 13 N–H and O–H groups in total. The van der Waals surface area contributed by atoms with Crippen LogP contribution in [0.3, 0.4) is 0 Å². The van der Waals surface area contributed by atoms with Gasteiger partial charge in [-0.1, -0.05) is 79.3 Å². The van der Waals surface area contributed by atoms with Crippen molar-refractivity contribution in [2.75, 3.05) is 33.2 Å². The number of benzene rings is 1. The zero-order chi connectivity index (χ0) is 44.5. The van der Waals surface area contributed by atoms with Crippen LogP contribution in [0.2, 0.25) is 0 Å². The number of hydrogen-bond donors (Lipinski definition) is 12. The second-order valence-electron chi connectivity index (χ2n) is 14.7. The van der Waals surface area contributed by atoms with E-state index in [0.29, 0.717) is 19.5 Å². The maximum atomic E-state index is 13.6. The van der Waals surface area contributed by atoms with Crippen molar-refractivity contribution < 1.29 is 38.7 Å². The molecule has 59 heavy (non-hydrogen) atoms. The highest BCUT2D eigenvalue weighted by Gasteiger charge is 2.33. The molecular formula is C37H68N11O8P3. The summed E-state index contributed by atoms with van der Waals surface area (Å²) in [6, 6.07) is 2.58. The highest BCUT2D eigenvalue weighted by molar-refractivity contribution is 7.14. The summed E-state index contributed by atoms with van der Waals surface area (Å²) in [7, 11) is 8.49. The molecule has 0 aliphatic carbocycles. The molecule has 0 aromatic heterocycles. The summed E-state index contributed by atoms with van der Waals surface area (Å²) in [6.45, 7) is 8.03. The number of aliphatic hydroxyl groups excluding tert-OH is 1. The van der Waals surface area contributed by atoms with Gasteiger partial charge >= 0.3 is 0 Å². The molecule has 1 rings (SSSR count). The lowest BCUT2D eigenvalue weighted by Gasteiger charge is -2.27. The van der Waals surface area contributed by atoms with Crippen LogP contribution in [0, 0.1) is 11.8 Å². The zero-order valence-electron chi connectivity index (χ0n) is 34.8. The van der Waals surface area contributed by atoms with E-state index in [1.807, 2.05) is 19.9 Å². The van der Waals surface area contributed by atoms with Gasteiger partial charge in [0, 0.05) is 38.5 Å². The predicted octanol–water partition coefficient (Wildman–Crippen LogP) is -2.39. The average Bonchev–Trinajstić information content (AvgIpc) is 3.19. The van der Waals surface area contributed by atoms with Gasteiger partial charge in [0.15, 0.2) is 0 Å². The Hall–Kier alpha value is -3.40. The third-order valence-electron chi connectivity index (χ3n) is 9.31. The fraction of sp³-hybridized carbons (Fsp3) is 0.649. The Morgan fingerprint density at radius 3 is 1.44 bits per heavy atom. The number of carbonyl (C=O) groups excluding carboxylic acids is 7. The quantitative estimate of drug-likeness (QED) is 0.0361. The number of carbonyl (C=O) groups is 7. The summed E-state index contributed by atoms with van der Waals surface area (Å²) in [6.07, 6.45) is 0.0239. The van der Waals surface area contributed by atoms with Crippen LogP contribution in [0.4, 0.5) is 0 Å². The fourth-order valence-electron chi connectivity index (χ4n) is 6.02. The van der Waals surface area contributed by atoms with Crippen LogP contribution in [0.15, 0.2) is 30.3 Å². The van der Waals surface area contributed by atoms with Crippen LogP contribution in [-0.4, -0.2) is 122 Å². The molecule has 0 saturated heterocycles. The SMILES string of the molecule is CNC(CCNC(=O)C(NC(=O)C(CCNP)NC(=O)C(CCNP)NC(=O)C(C)CC(C)C)C(C)O)C(=O)NC(CCNP)C(=O)NC(Cc1ccccc1)C(N)=O. The largest absolute Gasteiger partial charge is 0.391 e. The first-order valence-corrected chi connectivity index (χ1v) is 21.5. The van der Waals surface area contributed by atoms with Crippen LogP contribution >= 0.6 is 28.2 Å². The average molecular weight is 888 g/mol. The standard InChI is InChI=1S/C37H68N11O8P3/c1-21(2)19-22(3)32(51)44-26(12-16-41-57)34(53)46-28(14-18-43-59)36(55)48-30(23(4)49)37(56)40-15-11-25(39-5)33(52)45-27(13-17-42-58)35(54)47-29(31(38)50)20-24-9-7-6-8-10-24/h6-10,21-23,25-30,39,41-43,49H,11-20,57-59H2,1-5H3,(H2,38,50)(H,40,56)(H,44,51)(H,45,52)(H,46,53)(H,47,54)(H,48,55). The molecule has 0 fully saturated rings. The topological polar surface area (TPSA) is 286 Å². The number of aliphatic hydroxyl groups is 1. The third kappa shape index (κ3) is 21.1. The van der Waals surface area contributed by atoms with Crippen molar-refractivity contribution >= 4 is 69.5 Å². The van der Waals surface area contributed by atoms with Gasteiger partial charge in [-0.2, -0.15) is 0 Å². The van der Waals surface area contributed by atoms with Gasteiger partial charge in [0.2, 0.25) is 41.4 Å². The van der Waals surface area contributed by atoms with Crippen LogP contribution in [0.25, 0.3) is 0 Å². The molecule has 0 saturated carbocycles. The van der Waals surface area contributed by atoms with Gasteiger partial charge in [-0.15, -0.1) is 0 Å². The molecule has 19 nitrogen and oxygen atoms in total. The van der Waals surface area contributed by atoms with E-state index in [9.17, 15) is 38.7 Å². The molecule has 0 heterocycles. The van der Waals surface area contributed by atoms with E-state index in [0.717, 1.165) is 5.56 Å². The highest BCUT2D eigenvalue weighted by Crippen LogP contribution is 2.12. The summed E-state index contributed by atoms with van der Waals surface area (Å²) in [5.74, 6) is -4.30. The van der Waals surface area contributed by atoms with Gasteiger partial charge < -0.3 is 63.3 Å². The number of rotatable bonds is 30. The molecule has 0 bridgehead atoms. The Kier molecular flexibility index (Phi) is 27.0. The van der Waals surface area contributed by atoms with Gasteiger partial charge in [0.25, 0.3) is 0 Å². The summed E-state index contributed by atoms with van der Waals surface area (Å²) in [5.41, 5.74) is 6.37. The van der Waals surface area contributed by atoms with E-state index < -0.39 is 77.8 Å². The maximum Gasteiger partial charge on any atom is 0.245 e. The Labute approximate surface area is 355 Å². The van der Waals surface area contributed by atoms with Crippen molar-refractivity contribution in [3.05, 3.63) is 35.9 Å². The van der Waals surface area contributed by atoms with Crippen molar-refractivity contribution in [1.29, 1.82) is 0 Å². The summed E-state index contributed by atoms with van der Waals surface area (Å²) in [4.78, 5) is 92.1. The monoisotopic (exact) mass is 887 g/mol. The van der Waals surface area contributed by atoms with Crippen molar-refractivity contribution in [2.45, 2.75) is 109 Å². The van der Waals surface area contributed by atoms with Crippen molar-refractivity contribution in [3.8, 4) is 0 Å². The van der Waals surface area contributed by atoms with Crippen LogP contribution in [-0.2, 0) is 40.0 Å². The Bertz CT molecular complexity index is 1480. The first-order valence-electron chi connectivity index (χ1n) is 19.8. The number of nitrogens with one attached hydrogen (secondary N) is 10. The van der Waals surface area contributed by atoms with Crippen LogP contribution in [0.1, 0.15) is 65.4 Å². The molecule has 7 amide bonds. The number of primary amides is 1. The smallest absolute Gasteiger partial charge is 0.245 e. The fourth-order valence-corrected chi connectivity index (χ4v) is 6.52. The minimum absolute atomic E-state index is 0.0508. The first kappa shape index (κ1) is 53.6. The summed E-state index contributed by atoms with van der Waals surface area (Å²) < 4.78 is 0. The van der Waals surface area contributed by atoms with Gasteiger partial charge in [-0.05, 0) is 57.6 Å². The van der Waals surface area contributed by atoms with Gasteiger partial charge in [-0.25, -0.2) is 0 Å². The van der Waals surface area contributed by atoms with Gasteiger partial charge in [-0.3, -0.25) is 33.6 Å². The lowest BCUT2D eigenvalue weighted by Crippen LogP contribution is -2.59. The molecule has 11 unspecified atom stereocenters. The lowest BCUT2D eigenvalue weighted by atomic mass is 9.97. The Balaban J connectivity index is 2.98. The first-order chi connectivity index (χ1) is 28.0. The zero-order valence-corrected chi connectivity index (χ0v) is 38.2. The minimum Gasteiger partial charge on any atom is -0.391 e.